The molecule has 1 aromatic heterocycles. The first-order valence-corrected chi connectivity index (χ1v) is 4.48. The van der Waals surface area contributed by atoms with Crippen LogP contribution in [0.1, 0.15) is 17.0 Å². The molecule has 0 spiro atoms. The van der Waals surface area contributed by atoms with Gasteiger partial charge in [0.2, 0.25) is 11.7 Å². The summed E-state index contributed by atoms with van der Waals surface area (Å²) in [6, 6.07) is 2.50. The zero-order valence-electron chi connectivity index (χ0n) is 7.84. The molecule has 1 aromatic rings. The average molecular weight is 210 g/mol. The minimum atomic E-state index is -1.13. The Morgan fingerprint density at radius 2 is 2.27 bits per heavy atom. The lowest BCUT2D eigenvalue weighted by atomic mass is 10.0. The summed E-state index contributed by atoms with van der Waals surface area (Å²) < 4.78 is 5.05. The Morgan fingerprint density at radius 3 is 2.67 bits per heavy atom. The van der Waals surface area contributed by atoms with Crippen LogP contribution >= 0.6 is 0 Å². The van der Waals surface area contributed by atoms with Gasteiger partial charge in [-0.1, -0.05) is 0 Å². The number of nitrogens with zero attached hydrogens (tertiary/aromatic N) is 1. The molecule has 1 aliphatic rings. The molecule has 1 saturated heterocycles. The molecule has 80 valence electrons. The number of carboxylic acids is 1. The topological polar surface area (TPSA) is 96.8 Å². The molecular weight excluding hydrogens is 200 g/mol. The van der Waals surface area contributed by atoms with Gasteiger partial charge in [-0.05, 0) is 12.5 Å². The minimum Gasteiger partial charge on any atom is -0.475 e. The maximum absolute atomic E-state index is 10.9. The number of carbonyl (C=O) groups excluding carboxylic acids is 1. The Kier molecular flexibility index (Phi) is 2.11. The van der Waals surface area contributed by atoms with E-state index in [2.05, 4.69) is 0 Å². The summed E-state index contributed by atoms with van der Waals surface area (Å²) in [4.78, 5) is 23.1. The van der Waals surface area contributed by atoms with Gasteiger partial charge in [0, 0.05) is 12.6 Å². The van der Waals surface area contributed by atoms with E-state index in [4.69, 9.17) is 15.3 Å². The number of rotatable bonds is 3. The van der Waals surface area contributed by atoms with Crippen molar-refractivity contribution in [3.8, 4) is 0 Å². The van der Waals surface area contributed by atoms with Crippen molar-refractivity contribution in [2.75, 3.05) is 11.4 Å². The summed E-state index contributed by atoms with van der Waals surface area (Å²) in [5, 5.41) is 8.64. The molecule has 6 nitrogen and oxygen atoms in total. The Hall–Kier alpha value is -1.98. The molecule has 6 heteroatoms. The van der Waals surface area contributed by atoms with Gasteiger partial charge in [-0.3, -0.25) is 4.79 Å². The zero-order chi connectivity index (χ0) is 11.0. The van der Waals surface area contributed by atoms with E-state index in [0.29, 0.717) is 18.8 Å². The van der Waals surface area contributed by atoms with E-state index >= 15 is 0 Å². The number of hydrogen-bond acceptors (Lipinski definition) is 4. The van der Waals surface area contributed by atoms with Gasteiger partial charge in [0.05, 0.1) is 0 Å². The van der Waals surface area contributed by atoms with Crippen molar-refractivity contribution in [3.63, 3.8) is 0 Å². The predicted molar refractivity (Wildman–Crippen MR) is 50.6 cm³/mol. The van der Waals surface area contributed by atoms with E-state index in [-0.39, 0.29) is 11.8 Å². The summed E-state index contributed by atoms with van der Waals surface area (Å²) >= 11 is 0. The molecule has 0 saturated carbocycles. The summed E-state index contributed by atoms with van der Waals surface area (Å²) in [7, 11) is 0. The van der Waals surface area contributed by atoms with Crippen LogP contribution in [0.3, 0.4) is 0 Å². The van der Waals surface area contributed by atoms with Crippen LogP contribution in [-0.4, -0.2) is 29.6 Å². The lowest BCUT2D eigenvalue weighted by Crippen LogP contribution is -2.55. The van der Waals surface area contributed by atoms with E-state index in [9.17, 15) is 9.59 Å². The fourth-order valence-corrected chi connectivity index (χ4v) is 1.54. The molecular formula is C9H10N2O4. The van der Waals surface area contributed by atoms with E-state index in [1.807, 2.05) is 0 Å². The van der Waals surface area contributed by atoms with Gasteiger partial charge in [-0.25, -0.2) is 4.79 Å². The van der Waals surface area contributed by atoms with Gasteiger partial charge in [0.15, 0.2) is 5.88 Å². The number of aromatic carboxylic acids is 1. The fraction of sp³-hybridized carbons (Fsp3) is 0.333. The third-order valence-electron chi connectivity index (χ3n) is 2.43. The highest BCUT2D eigenvalue weighted by Crippen LogP contribution is 2.28. The van der Waals surface area contributed by atoms with Crippen LogP contribution in [0.5, 0.6) is 0 Å². The van der Waals surface area contributed by atoms with E-state index < -0.39 is 11.9 Å². The first-order valence-electron chi connectivity index (χ1n) is 4.48. The van der Waals surface area contributed by atoms with Crippen LogP contribution in [0.2, 0.25) is 0 Å². The van der Waals surface area contributed by atoms with Gasteiger partial charge in [0.25, 0.3) is 0 Å². The van der Waals surface area contributed by atoms with Crippen LogP contribution in [0.25, 0.3) is 0 Å². The molecule has 1 atom stereocenters. The summed E-state index contributed by atoms with van der Waals surface area (Å²) in [5.41, 5.74) is 5.15. The number of primary amides is 1. The molecule has 2 heterocycles. The highest BCUT2D eigenvalue weighted by molar-refractivity contribution is 5.87. The quantitative estimate of drug-likeness (QED) is 0.734. The molecule has 0 bridgehead atoms. The van der Waals surface area contributed by atoms with Crippen LogP contribution < -0.4 is 10.6 Å². The largest absolute Gasteiger partial charge is 0.475 e. The third-order valence-corrected chi connectivity index (χ3v) is 2.43. The van der Waals surface area contributed by atoms with Crippen molar-refractivity contribution in [1.82, 2.24) is 0 Å². The highest BCUT2D eigenvalue weighted by Gasteiger charge is 2.34. The second kappa shape index (κ2) is 3.30. The molecule has 0 aliphatic carbocycles. The number of carboxylic acid groups (broad SMARTS) is 1. The van der Waals surface area contributed by atoms with Crippen LogP contribution in [0, 0.1) is 0 Å². The van der Waals surface area contributed by atoms with Crippen molar-refractivity contribution >= 4 is 17.8 Å². The van der Waals surface area contributed by atoms with Crippen LogP contribution in [0.15, 0.2) is 16.5 Å². The molecule has 0 radical (unpaired) electrons. The number of furan rings is 1. The average Bonchev–Trinajstić information content (AvgIpc) is 2.49. The number of anilines is 1. The fourth-order valence-electron chi connectivity index (χ4n) is 1.54. The van der Waals surface area contributed by atoms with Crippen LogP contribution in [-0.2, 0) is 4.79 Å². The number of amides is 1. The van der Waals surface area contributed by atoms with Gasteiger partial charge >= 0.3 is 5.97 Å². The Bertz CT molecular complexity index is 412. The predicted octanol–water partition coefficient (Wildman–Crippen LogP) is 0.0418. The molecule has 3 N–H and O–H groups in total. The van der Waals surface area contributed by atoms with Crippen LogP contribution in [0.4, 0.5) is 5.88 Å². The Labute approximate surface area is 85.3 Å². The Morgan fingerprint density at radius 1 is 1.53 bits per heavy atom. The second-order valence-electron chi connectivity index (χ2n) is 3.34. The van der Waals surface area contributed by atoms with Gasteiger partial charge in [-0.15, -0.1) is 0 Å². The summed E-state index contributed by atoms with van der Waals surface area (Å²) in [6.45, 7) is 0.653. The maximum atomic E-state index is 10.9. The van der Waals surface area contributed by atoms with E-state index in [1.165, 1.54) is 12.1 Å². The lowest BCUT2D eigenvalue weighted by Gasteiger charge is -2.38. The molecule has 15 heavy (non-hydrogen) atoms. The summed E-state index contributed by atoms with van der Waals surface area (Å²) in [6.07, 6.45) is 0.679. The highest BCUT2D eigenvalue weighted by atomic mass is 16.4. The van der Waals surface area contributed by atoms with Crippen molar-refractivity contribution in [1.29, 1.82) is 0 Å². The first kappa shape index (κ1) is 9.57. The van der Waals surface area contributed by atoms with E-state index in [1.54, 1.807) is 4.90 Å². The molecule has 2 rings (SSSR count). The zero-order valence-corrected chi connectivity index (χ0v) is 7.84. The number of nitrogens with two attached hydrogens (primary N) is 1. The van der Waals surface area contributed by atoms with Crippen molar-refractivity contribution in [3.05, 3.63) is 17.9 Å². The normalized spacial score (nSPS) is 19.7. The number of carbonyl (C=O) groups is 2. The molecule has 1 amide bonds. The molecule has 1 fully saturated rings. The maximum Gasteiger partial charge on any atom is 0.371 e. The molecule has 1 aliphatic heterocycles. The van der Waals surface area contributed by atoms with E-state index in [0.717, 1.165) is 0 Å². The summed E-state index contributed by atoms with van der Waals surface area (Å²) in [5.74, 6) is -1.31. The second-order valence-corrected chi connectivity index (χ2v) is 3.34. The smallest absolute Gasteiger partial charge is 0.371 e. The number of hydrogen-bond donors (Lipinski definition) is 2. The monoisotopic (exact) mass is 210 g/mol. The van der Waals surface area contributed by atoms with Gasteiger partial charge in [0.1, 0.15) is 6.04 Å². The SMILES string of the molecule is NC(=O)C1CCN1c1ccc(C(=O)O)o1. The van der Waals surface area contributed by atoms with Crippen molar-refractivity contribution in [2.24, 2.45) is 5.73 Å². The van der Waals surface area contributed by atoms with Crippen molar-refractivity contribution < 1.29 is 19.1 Å². The third kappa shape index (κ3) is 1.54. The van der Waals surface area contributed by atoms with Gasteiger partial charge < -0.3 is 20.2 Å². The standard InChI is InChI=1S/C9H10N2O4/c10-8(12)5-3-4-11(5)7-2-1-6(15-7)9(13)14/h1-2,5H,3-4H2,(H2,10,12)(H,13,14). The minimum absolute atomic E-state index is 0.139. The lowest BCUT2D eigenvalue weighted by molar-refractivity contribution is -0.120. The first-order chi connectivity index (χ1) is 7.09. The van der Waals surface area contributed by atoms with Gasteiger partial charge in [-0.2, -0.15) is 0 Å². The molecule has 0 aromatic carbocycles. The molecule has 1 unspecified atom stereocenters. The Balaban J connectivity index is 2.16. The van der Waals surface area contributed by atoms with Crippen molar-refractivity contribution in [2.45, 2.75) is 12.5 Å².